The number of rotatable bonds is 7. The van der Waals surface area contributed by atoms with Crippen molar-refractivity contribution in [1.29, 1.82) is 0 Å². The highest BCUT2D eigenvalue weighted by molar-refractivity contribution is 5.51. The van der Waals surface area contributed by atoms with E-state index in [2.05, 4.69) is 25.5 Å². The first-order chi connectivity index (χ1) is 13.4. The summed E-state index contributed by atoms with van der Waals surface area (Å²) < 4.78 is 43.8. The van der Waals surface area contributed by atoms with E-state index in [-0.39, 0.29) is 12.5 Å². The maximum atomic E-state index is 12.8. The van der Waals surface area contributed by atoms with E-state index in [1.54, 1.807) is 12.1 Å². The summed E-state index contributed by atoms with van der Waals surface area (Å²) in [4.78, 5) is 10.5. The Balaban J connectivity index is 1.55. The van der Waals surface area contributed by atoms with Crippen LogP contribution in [-0.2, 0) is 17.5 Å². The molecule has 152 valence electrons. The lowest BCUT2D eigenvalue weighted by atomic mass is 10.1. The molecule has 1 saturated heterocycles. The normalized spacial score (nSPS) is 15.4. The van der Waals surface area contributed by atoms with Gasteiger partial charge >= 0.3 is 6.18 Å². The number of hydrogen-bond acceptors (Lipinski definition) is 7. The Hall–Kier alpha value is -2.59. The second kappa shape index (κ2) is 9.07. The van der Waals surface area contributed by atoms with Crippen molar-refractivity contribution >= 4 is 17.6 Å². The van der Waals surface area contributed by atoms with Gasteiger partial charge in [-0.2, -0.15) is 23.1 Å². The van der Waals surface area contributed by atoms with E-state index in [9.17, 15) is 13.2 Å². The number of nitrogens with one attached hydrogen (secondary N) is 2. The van der Waals surface area contributed by atoms with Crippen molar-refractivity contribution < 1.29 is 17.9 Å². The van der Waals surface area contributed by atoms with Gasteiger partial charge in [-0.1, -0.05) is 12.1 Å². The second-order valence-corrected chi connectivity index (χ2v) is 6.43. The van der Waals surface area contributed by atoms with Crippen LogP contribution in [0.25, 0.3) is 0 Å². The van der Waals surface area contributed by atoms with E-state index >= 15 is 0 Å². The van der Waals surface area contributed by atoms with Gasteiger partial charge in [0.25, 0.3) is 0 Å². The lowest BCUT2D eigenvalue weighted by Crippen LogP contribution is -2.39. The lowest BCUT2D eigenvalue weighted by molar-refractivity contribution is -0.137. The molecule has 0 aliphatic carbocycles. The van der Waals surface area contributed by atoms with Gasteiger partial charge < -0.3 is 21.1 Å². The van der Waals surface area contributed by atoms with Gasteiger partial charge in [0, 0.05) is 38.8 Å². The largest absolute Gasteiger partial charge is 0.416 e. The summed E-state index contributed by atoms with van der Waals surface area (Å²) in [6.07, 6.45) is -4.37. The van der Waals surface area contributed by atoms with Crippen molar-refractivity contribution in [3.05, 3.63) is 41.5 Å². The van der Waals surface area contributed by atoms with Crippen LogP contribution < -0.4 is 16.4 Å². The fourth-order valence-electron chi connectivity index (χ4n) is 2.86. The molecule has 3 rings (SSSR count). The van der Waals surface area contributed by atoms with Crippen LogP contribution in [0.3, 0.4) is 0 Å². The minimum Gasteiger partial charge on any atom is -0.379 e. The lowest BCUT2D eigenvalue weighted by Gasteiger charge is -2.26. The van der Waals surface area contributed by atoms with Gasteiger partial charge in [-0.05, 0) is 17.7 Å². The Morgan fingerprint density at radius 2 is 1.79 bits per heavy atom. The third kappa shape index (κ3) is 5.96. The monoisotopic (exact) mass is 396 g/mol. The van der Waals surface area contributed by atoms with Crippen molar-refractivity contribution in [2.24, 2.45) is 0 Å². The molecule has 1 aromatic heterocycles. The summed E-state index contributed by atoms with van der Waals surface area (Å²) in [5.74, 6) is 1.09. The van der Waals surface area contributed by atoms with Crippen LogP contribution in [0.1, 0.15) is 11.1 Å². The first-order valence-electron chi connectivity index (χ1n) is 8.99. The number of halogens is 3. The fraction of sp³-hybridized carbons (Fsp3) is 0.444. The Labute approximate surface area is 161 Å². The summed E-state index contributed by atoms with van der Waals surface area (Å²) in [5.41, 5.74) is 5.56. The van der Waals surface area contributed by atoms with Crippen molar-refractivity contribution in [3.8, 4) is 0 Å². The molecular weight excluding hydrogens is 373 g/mol. The van der Waals surface area contributed by atoms with Crippen molar-refractivity contribution in [2.75, 3.05) is 55.8 Å². The van der Waals surface area contributed by atoms with E-state index in [1.165, 1.54) is 6.07 Å². The maximum absolute atomic E-state index is 12.8. The highest BCUT2D eigenvalue weighted by Crippen LogP contribution is 2.29. The smallest absolute Gasteiger partial charge is 0.379 e. The molecule has 0 spiro atoms. The summed E-state index contributed by atoms with van der Waals surface area (Å²) in [6.45, 7) is 5.00. The summed E-state index contributed by atoms with van der Waals surface area (Å²) in [7, 11) is 0. The molecule has 7 nitrogen and oxygen atoms in total. The van der Waals surface area contributed by atoms with Crippen molar-refractivity contribution in [3.63, 3.8) is 0 Å². The van der Waals surface area contributed by atoms with Crippen LogP contribution in [-0.4, -0.2) is 54.3 Å². The average molecular weight is 396 g/mol. The molecule has 0 unspecified atom stereocenters. The summed E-state index contributed by atoms with van der Waals surface area (Å²) in [5, 5.41) is 6.19. The highest BCUT2D eigenvalue weighted by atomic mass is 19.4. The second-order valence-electron chi connectivity index (χ2n) is 6.43. The molecule has 1 aliphatic rings. The van der Waals surface area contributed by atoms with Gasteiger partial charge in [-0.3, -0.25) is 4.90 Å². The summed E-state index contributed by atoms with van der Waals surface area (Å²) in [6, 6.07) is 6.84. The molecule has 1 aliphatic heterocycles. The molecule has 1 fully saturated rings. The van der Waals surface area contributed by atoms with Gasteiger partial charge in [0.1, 0.15) is 11.6 Å². The van der Waals surface area contributed by atoms with E-state index in [1.807, 2.05) is 0 Å². The third-order valence-electron chi connectivity index (χ3n) is 4.31. The van der Waals surface area contributed by atoms with Gasteiger partial charge in [0.2, 0.25) is 5.95 Å². The van der Waals surface area contributed by atoms with E-state index < -0.39 is 11.7 Å². The molecule has 0 radical (unpaired) electrons. The molecule has 0 bridgehead atoms. The SMILES string of the molecule is Nc1nc(NCCN2CCOCC2)cc(NCc2cccc(C(F)(F)F)c2)n1. The van der Waals surface area contributed by atoms with Gasteiger partial charge in [0.05, 0.1) is 18.8 Å². The molecule has 2 heterocycles. The Bertz CT molecular complexity index is 780. The fourth-order valence-corrected chi connectivity index (χ4v) is 2.86. The van der Waals surface area contributed by atoms with Crippen LogP contribution in [0.2, 0.25) is 0 Å². The van der Waals surface area contributed by atoms with Gasteiger partial charge in [-0.25, -0.2) is 0 Å². The number of anilines is 3. The average Bonchev–Trinajstić information content (AvgIpc) is 2.66. The van der Waals surface area contributed by atoms with Crippen LogP contribution in [0.4, 0.5) is 30.8 Å². The molecule has 28 heavy (non-hydrogen) atoms. The van der Waals surface area contributed by atoms with Crippen LogP contribution in [0.5, 0.6) is 0 Å². The quantitative estimate of drug-likeness (QED) is 0.662. The zero-order valence-electron chi connectivity index (χ0n) is 15.3. The zero-order valence-corrected chi connectivity index (χ0v) is 15.3. The van der Waals surface area contributed by atoms with Crippen molar-refractivity contribution in [2.45, 2.75) is 12.7 Å². The number of alkyl halides is 3. The number of ether oxygens (including phenoxy) is 1. The predicted octanol–water partition coefficient (Wildman–Crippen LogP) is 2.43. The first-order valence-corrected chi connectivity index (χ1v) is 8.99. The number of nitrogens with zero attached hydrogens (tertiary/aromatic N) is 3. The van der Waals surface area contributed by atoms with Crippen LogP contribution >= 0.6 is 0 Å². The number of benzene rings is 1. The van der Waals surface area contributed by atoms with Crippen LogP contribution in [0.15, 0.2) is 30.3 Å². The molecule has 0 saturated carbocycles. The topological polar surface area (TPSA) is 88.3 Å². The Morgan fingerprint density at radius 1 is 1.07 bits per heavy atom. The number of aromatic nitrogens is 2. The van der Waals surface area contributed by atoms with E-state index in [0.717, 1.165) is 45.0 Å². The number of morpholine rings is 1. The molecule has 0 amide bonds. The predicted molar refractivity (Wildman–Crippen MR) is 101 cm³/mol. The molecule has 4 N–H and O–H groups in total. The Kier molecular flexibility index (Phi) is 6.53. The summed E-state index contributed by atoms with van der Waals surface area (Å²) >= 11 is 0. The van der Waals surface area contributed by atoms with E-state index in [0.29, 0.717) is 23.7 Å². The number of nitrogen functional groups attached to an aromatic ring is 1. The standard InChI is InChI=1S/C18H23F3N6O/c19-18(20,21)14-3-1-2-13(10-14)12-24-16-11-15(25-17(22)26-16)23-4-5-27-6-8-28-9-7-27/h1-3,10-11H,4-9,12H2,(H4,22,23,24,25,26). The molecular formula is C18H23F3N6O. The first kappa shape index (κ1) is 20.2. The minimum absolute atomic E-state index is 0.0860. The van der Waals surface area contributed by atoms with Crippen molar-refractivity contribution in [1.82, 2.24) is 14.9 Å². The van der Waals surface area contributed by atoms with E-state index in [4.69, 9.17) is 10.5 Å². The maximum Gasteiger partial charge on any atom is 0.416 e. The van der Waals surface area contributed by atoms with Gasteiger partial charge in [-0.15, -0.1) is 0 Å². The number of nitrogens with two attached hydrogens (primary N) is 1. The number of hydrogen-bond donors (Lipinski definition) is 3. The minimum atomic E-state index is -4.37. The zero-order chi connectivity index (χ0) is 20.0. The third-order valence-corrected chi connectivity index (χ3v) is 4.31. The molecule has 10 heteroatoms. The molecule has 1 aromatic carbocycles. The molecule has 2 aromatic rings. The van der Waals surface area contributed by atoms with Crippen LogP contribution in [0, 0.1) is 0 Å². The highest BCUT2D eigenvalue weighted by Gasteiger charge is 2.30. The Morgan fingerprint density at radius 3 is 2.50 bits per heavy atom. The molecule has 0 atom stereocenters. The van der Waals surface area contributed by atoms with Gasteiger partial charge in [0.15, 0.2) is 0 Å².